The number of carbonyl (C=O) groups excluding carboxylic acids is 4. The molecule has 3 N–H and O–H groups in total. The van der Waals surface area contributed by atoms with E-state index >= 15 is 0 Å². The lowest BCUT2D eigenvalue weighted by Gasteiger charge is -2.34. The minimum atomic E-state index is -0.755. The van der Waals surface area contributed by atoms with Gasteiger partial charge in [-0.3, -0.25) is 24.2 Å². The van der Waals surface area contributed by atoms with Gasteiger partial charge in [-0.05, 0) is 83.5 Å². The number of nitrogens with zero attached hydrogens (tertiary/aromatic N) is 2. The van der Waals surface area contributed by atoms with Crippen LogP contribution in [0.4, 0.5) is 0 Å². The molecule has 0 spiro atoms. The number of rotatable bonds is 19. The molecule has 1 aliphatic carbocycles. The van der Waals surface area contributed by atoms with Gasteiger partial charge >= 0.3 is 0 Å². The molecule has 0 radical (unpaired) electrons. The predicted molar refractivity (Wildman–Crippen MR) is 256 cm³/mol. The van der Waals surface area contributed by atoms with Gasteiger partial charge in [0.15, 0.2) is 5.72 Å². The molecule has 62 heavy (non-hydrogen) atoms. The quantitative estimate of drug-likeness (QED) is 0.111. The highest BCUT2D eigenvalue weighted by Crippen LogP contribution is 2.32. The molecule has 2 heterocycles. The third-order valence-electron chi connectivity index (χ3n) is 14.2. The van der Waals surface area contributed by atoms with Crippen LogP contribution in [0.15, 0.2) is 4.99 Å². The van der Waals surface area contributed by atoms with Crippen LogP contribution in [0.25, 0.3) is 0 Å². The molecule has 3 atom stereocenters. The summed E-state index contributed by atoms with van der Waals surface area (Å²) < 4.78 is 6.93. The summed E-state index contributed by atoms with van der Waals surface area (Å²) in [7, 11) is 0. The molecule has 0 aromatic heterocycles. The molecular weight excluding hydrogens is 775 g/mol. The van der Waals surface area contributed by atoms with E-state index in [1.165, 1.54) is 122 Å². The summed E-state index contributed by atoms with van der Waals surface area (Å²) in [5.74, 6) is 0.259. The fourth-order valence-electron chi connectivity index (χ4n) is 10.1. The van der Waals surface area contributed by atoms with Gasteiger partial charge in [0.25, 0.3) is 0 Å². The van der Waals surface area contributed by atoms with Gasteiger partial charge in [-0.1, -0.05) is 155 Å². The normalized spacial score (nSPS) is 25.7. The average molecular weight is 870 g/mol. The van der Waals surface area contributed by atoms with E-state index in [0.29, 0.717) is 31.4 Å². The molecule has 2 bridgehead atoms. The monoisotopic (exact) mass is 870 g/mol. The number of carbonyl (C=O) groups is 4. The number of amides is 4. The van der Waals surface area contributed by atoms with E-state index in [1.807, 2.05) is 6.21 Å². The molecule has 10 heteroatoms. The maximum Gasteiger partial charge on any atom is 0.243 e. The molecule has 4 amide bonds. The number of unbranched alkanes of at least 4 members (excludes halogenated alkanes) is 12. The molecule has 0 aromatic rings. The lowest BCUT2D eigenvalue weighted by atomic mass is 9.87. The first-order valence-electron chi connectivity index (χ1n) is 26.4. The van der Waals surface area contributed by atoms with Gasteiger partial charge in [0, 0.05) is 51.2 Å². The molecule has 358 valence electrons. The third-order valence-corrected chi connectivity index (χ3v) is 14.2. The van der Waals surface area contributed by atoms with Crippen molar-refractivity contribution < 1.29 is 23.9 Å². The van der Waals surface area contributed by atoms with Gasteiger partial charge in [0.1, 0.15) is 6.04 Å². The number of ether oxygens (including phenoxy) is 1. The number of fused-ring (bicyclic) bond motifs is 7. The zero-order chi connectivity index (χ0) is 44.6. The summed E-state index contributed by atoms with van der Waals surface area (Å²) in [6, 6.07) is -0.755. The van der Waals surface area contributed by atoms with Crippen molar-refractivity contribution in [3.05, 3.63) is 0 Å². The first kappa shape index (κ1) is 53.8. The Bertz CT molecular complexity index is 1250. The van der Waals surface area contributed by atoms with Crippen molar-refractivity contribution >= 4 is 29.8 Å². The van der Waals surface area contributed by atoms with Crippen molar-refractivity contribution in [3.63, 3.8) is 0 Å². The molecule has 10 nitrogen and oxygen atoms in total. The molecule has 0 aromatic carbocycles. The van der Waals surface area contributed by atoms with E-state index < -0.39 is 11.8 Å². The summed E-state index contributed by atoms with van der Waals surface area (Å²) in [5.41, 5.74) is -0.973. The van der Waals surface area contributed by atoms with E-state index in [9.17, 15) is 19.2 Å². The topological polar surface area (TPSA) is 129 Å². The summed E-state index contributed by atoms with van der Waals surface area (Å²) in [6.07, 6.45) is 41.5. The highest BCUT2D eigenvalue weighted by Gasteiger charge is 2.32. The molecule has 1 saturated heterocycles. The van der Waals surface area contributed by atoms with Gasteiger partial charge < -0.3 is 25.6 Å². The van der Waals surface area contributed by atoms with Crippen molar-refractivity contribution in [3.8, 4) is 0 Å². The number of nitrogens with one attached hydrogen (secondary N) is 3. The Labute approximate surface area is 379 Å². The fraction of sp³-hybridized carbons (Fsp3) is 0.904. The number of likely N-dealkylation sites (tertiary alicyclic amines) is 1. The fourth-order valence-corrected chi connectivity index (χ4v) is 10.1. The van der Waals surface area contributed by atoms with Crippen LogP contribution in [0.1, 0.15) is 252 Å². The maximum atomic E-state index is 13.6. The van der Waals surface area contributed by atoms with Crippen LogP contribution in [0, 0.1) is 5.92 Å². The maximum absolute atomic E-state index is 13.6. The van der Waals surface area contributed by atoms with E-state index in [-0.39, 0.29) is 36.1 Å². The van der Waals surface area contributed by atoms with Crippen LogP contribution in [0.5, 0.6) is 0 Å². The number of hydrogen-bond acceptors (Lipinski definition) is 6. The van der Waals surface area contributed by atoms with Crippen molar-refractivity contribution in [2.24, 2.45) is 10.9 Å². The molecular formula is C52H95N5O5. The largest absolute Gasteiger partial charge is 0.354 e. The Morgan fingerprint density at radius 1 is 0.726 bits per heavy atom. The molecule has 2 unspecified atom stereocenters. The summed E-state index contributed by atoms with van der Waals surface area (Å²) in [5, 5.41) is 9.14. The highest BCUT2D eigenvalue weighted by atomic mass is 16.5. The zero-order valence-corrected chi connectivity index (χ0v) is 40.5. The van der Waals surface area contributed by atoms with Crippen LogP contribution < -0.4 is 16.0 Å². The zero-order valence-electron chi connectivity index (χ0n) is 40.5. The molecule has 2 fully saturated rings. The van der Waals surface area contributed by atoms with Crippen molar-refractivity contribution in [1.82, 2.24) is 20.9 Å². The molecule has 1 saturated carbocycles. The first-order valence-corrected chi connectivity index (χ1v) is 26.4. The minimum Gasteiger partial charge on any atom is -0.354 e. The summed E-state index contributed by atoms with van der Waals surface area (Å²) >= 11 is 0. The Balaban J connectivity index is 1.53. The van der Waals surface area contributed by atoms with E-state index in [0.717, 1.165) is 109 Å². The SMILES string of the molecule is CCCCCCCCCCCCCCCC(=O)N1CCC(CCOC23CCCCCCCCCCCC(C)(CCCCCC2)NC(=O)[C@@H](NC(C)=O)CCC(=O)NC/C=N/3)CC1. The summed E-state index contributed by atoms with van der Waals surface area (Å²) in [6.45, 7) is 8.54. The number of hydrogen-bond donors (Lipinski definition) is 3. The number of piperidine rings is 1. The van der Waals surface area contributed by atoms with Crippen molar-refractivity contribution in [2.45, 2.75) is 269 Å². The van der Waals surface area contributed by atoms with Crippen LogP contribution in [0.3, 0.4) is 0 Å². The standard InChI is InChI=1S/C52H95N5O5/c1-4-5-6-7-8-9-10-11-12-14-17-20-25-30-49(60)57-42-33-46(34-43-57)35-44-62-52-38-28-22-19-16-13-15-18-21-26-36-51(3,37-27-23-24-29-39-52)56-50(61)47(55-45(2)58)31-32-48(59)53-40-41-54-52/h41,46-47H,4-40,42-44H2,1-3H3,(H,53,59)(H,55,58)(H,56,61)/b54-41+/t47-,51?,52?/m0/s1. The Kier molecular flexibility index (Phi) is 28.7. The second-order valence-electron chi connectivity index (χ2n) is 20.0. The van der Waals surface area contributed by atoms with Crippen LogP contribution in [0.2, 0.25) is 0 Å². The smallest absolute Gasteiger partial charge is 0.243 e. The second-order valence-corrected chi connectivity index (χ2v) is 20.0. The minimum absolute atomic E-state index is 0.133. The second kappa shape index (κ2) is 33.1. The molecule has 2 aliphatic heterocycles. The predicted octanol–water partition coefficient (Wildman–Crippen LogP) is 11.8. The molecule has 3 rings (SSSR count). The number of aliphatic imine (C=N–C) groups is 1. The van der Waals surface area contributed by atoms with Gasteiger partial charge in [-0.2, -0.15) is 0 Å². The van der Waals surface area contributed by atoms with E-state index in [2.05, 4.69) is 34.7 Å². The van der Waals surface area contributed by atoms with Crippen LogP contribution in [-0.2, 0) is 23.9 Å². The first-order chi connectivity index (χ1) is 30.1. The van der Waals surface area contributed by atoms with E-state index in [4.69, 9.17) is 9.73 Å². The summed E-state index contributed by atoms with van der Waals surface area (Å²) in [4.78, 5) is 59.1. The highest BCUT2D eigenvalue weighted by molar-refractivity contribution is 5.88. The lowest BCUT2D eigenvalue weighted by molar-refractivity contribution is -0.133. The average Bonchev–Trinajstić information content (AvgIpc) is 3.25. The Morgan fingerprint density at radius 2 is 1.23 bits per heavy atom. The van der Waals surface area contributed by atoms with Crippen LogP contribution in [-0.4, -0.2) is 78.3 Å². The van der Waals surface area contributed by atoms with Gasteiger partial charge in [0.05, 0.1) is 6.54 Å². The van der Waals surface area contributed by atoms with Crippen molar-refractivity contribution in [1.29, 1.82) is 0 Å². The Morgan fingerprint density at radius 3 is 1.76 bits per heavy atom. The van der Waals surface area contributed by atoms with Gasteiger partial charge in [-0.15, -0.1) is 0 Å². The van der Waals surface area contributed by atoms with Crippen molar-refractivity contribution in [2.75, 3.05) is 26.2 Å². The Hall–Kier alpha value is -2.49. The molecule has 3 aliphatic rings. The van der Waals surface area contributed by atoms with Crippen LogP contribution >= 0.6 is 0 Å². The third kappa shape index (κ3) is 24.5. The van der Waals surface area contributed by atoms with Gasteiger partial charge in [0.2, 0.25) is 23.6 Å². The lowest BCUT2D eigenvalue weighted by Crippen LogP contribution is -2.54. The van der Waals surface area contributed by atoms with E-state index in [1.54, 1.807) is 0 Å². The van der Waals surface area contributed by atoms with Gasteiger partial charge in [-0.25, -0.2) is 0 Å².